The molecule has 1 aliphatic rings. The summed E-state index contributed by atoms with van der Waals surface area (Å²) in [6.45, 7) is 4.58. The van der Waals surface area contributed by atoms with Crippen LogP contribution in [0, 0.1) is 11.6 Å². The molecule has 17 heavy (non-hydrogen) atoms. The second-order valence-corrected chi connectivity index (χ2v) is 5.10. The van der Waals surface area contributed by atoms with Gasteiger partial charge >= 0.3 is 0 Å². The largest absolute Gasteiger partial charge is 0.353 e. The van der Waals surface area contributed by atoms with Crippen molar-refractivity contribution in [1.29, 1.82) is 0 Å². The molecular formula is C13H18N2OS. The summed E-state index contributed by atoms with van der Waals surface area (Å²) >= 11 is 5.11. The van der Waals surface area contributed by atoms with Gasteiger partial charge in [0.15, 0.2) is 0 Å². The molecule has 0 radical (unpaired) electrons. The lowest BCUT2D eigenvalue weighted by Gasteiger charge is -2.36. The van der Waals surface area contributed by atoms with E-state index < -0.39 is 0 Å². The number of carbonyl (C=O) groups is 1. The van der Waals surface area contributed by atoms with E-state index in [4.69, 9.17) is 12.2 Å². The second kappa shape index (κ2) is 5.00. The monoisotopic (exact) mass is 250 g/mol. The lowest BCUT2D eigenvalue weighted by molar-refractivity contribution is -0.132. The number of hydrogen-bond acceptors (Lipinski definition) is 2. The fraction of sp³-hybridized carbons (Fsp3) is 0.538. The lowest BCUT2D eigenvalue weighted by Crippen LogP contribution is -2.37. The standard InChI is InChI=1S/C13H18N2OS/c1-9-7-13(17)14-8-11(9)12-5-3-4-6-15(12)10(2)16/h7-8,12H,3-6H2,1-2H3,(H,14,17). The summed E-state index contributed by atoms with van der Waals surface area (Å²) in [5, 5.41) is 0. The van der Waals surface area contributed by atoms with E-state index in [2.05, 4.69) is 11.9 Å². The Labute approximate surface area is 107 Å². The topological polar surface area (TPSA) is 36.1 Å². The summed E-state index contributed by atoms with van der Waals surface area (Å²) in [4.78, 5) is 16.7. The average molecular weight is 250 g/mol. The maximum Gasteiger partial charge on any atom is 0.219 e. The van der Waals surface area contributed by atoms with Crippen molar-refractivity contribution in [1.82, 2.24) is 9.88 Å². The fourth-order valence-electron chi connectivity index (χ4n) is 2.58. The fourth-order valence-corrected chi connectivity index (χ4v) is 2.81. The number of nitrogens with zero attached hydrogens (tertiary/aromatic N) is 1. The van der Waals surface area contributed by atoms with Gasteiger partial charge in [0.2, 0.25) is 5.91 Å². The molecule has 1 atom stereocenters. The third kappa shape index (κ3) is 2.57. The zero-order valence-corrected chi connectivity index (χ0v) is 11.1. The van der Waals surface area contributed by atoms with Crippen LogP contribution in [-0.4, -0.2) is 22.3 Å². The first-order valence-electron chi connectivity index (χ1n) is 6.06. The zero-order chi connectivity index (χ0) is 12.4. The molecule has 3 nitrogen and oxygen atoms in total. The van der Waals surface area contributed by atoms with Crippen LogP contribution in [0.5, 0.6) is 0 Å². The van der Waals surface area contributed by atoms with Crippen LogP contribution in [-0.2, 0) is 4.79 Å². The van der Waals surface area contributed by atoms with Gasteiger partial charge in [0.25, 0.3) is 0 Å². The van der Waals surface area contributed by atoms with Crippen LogP contribution in [0.4, 0.5) is 0 Å². The van der Waals surface area contributed by atoms with Gasteiger partial charge in [-0.05, 0) is 43.4 Å². The van der Waals surface area contributed by atoms with Crippen LogP contribution in [0.3, 0.4) is 0 Å². The highest BCUT2D eigenvalue weighted by Crippen LogP contribution is 2.32. The number of aromatic nitrogens is 1. The molecule has 0 bridgehead atoms. The molecule has 0 aromatic carbocycles. The van der Waals surface area contributed by atoms with Gasteiger partial charge in [-0.15, -0.1) is 0 Å². The minimum atomic E-state index is 0.163. The van der Waals surface area contributed by atoms with Gasteiger partial charge < -0.3 is 9.88 Å². The summed E-state index contributed by atoms with van der Waals surface area (Å²) in [5.74, 6) is 0.163. The summed E-state index contributed by atoms with van der Waals surface area (Å²) in [7, 11) is 0. The van der Waals surface area contributed by atoms with Crippen LogP contribution in [0.15, 0.2) is 12.3 Å². The molecule has 0 saturated carbocycles. The van der Waals surface area contributed by atoms with Gasteiger partial charge in [0, 0.05) is 19.7 Å². The normalized spacial score (nSPS) is 20.4. The van der Waals surface area contributed by atoms with Crippen LogP contribution in [0.1, 0.15) is 43.4 Å². The van der Waals surface area contributed by atoms with E-state index in [0.29, 0.717) is 0 Å². The number of H-pyrrole nitrogens is 1. The molecule has 1 aromatic rings. The molecule has 1 unspecified atom stereocenters. The molecule has 1 N–H and O–H groups in total. The van der Waals surface area contributed by atoms with Gasteiger partial charge in [-0.25, -0.2) is 0 Å². The third-order valence-corrected chi connectivity index (χ3v) is 3.67. The molecule has 92 valence electrons. The molecule has 2 heterocycles. The van der Waals surface area contributed by atoms with Gasteiger partial charge in [-0.1, -0.05) is 12.2 Å². The number of piperidine rings is 1. The van der Waals surface area contributed by atoms with Crippen molar-refractivity contribution in [2.24, 2.45) is 0 Å². The maximum absolute atomic E-state index is 11.7. The first-order chi connectivity index (χ1) is 8.09. The number of aryl methyl sites for hydroxylation is 1. The number of rotatable bonds is 1. The number of likely N-dealkylation sites (tertiary alicyclic amines) is 1. The number of nitrogens with one attached hydrogen (secondary N) is 1. The summed E-state index contributed by atoms with van der Waals surface area (Å²) in [6, 6.07) is 2.19. The van der Waals surface area contributed by atoms with Gasteiger partial charge in [-0.2, -0.15) is 0 Å². The zero-order valence-electron chi connectivity index (χ0n) is 10.3. The Morgan fingerprint density at radius 2 is 2.29 bits per heavy atom. The molecule has 1 fully saturated rings. The summed E-state index contributed by atoms with van der Waals surface area (Å²) in [5.41, 5.74) is 2.38. The minimum absolute atomic E-state index is 0.163. The number of carbonyl (C=O) groups excluding carboxylic acids is 1. The van der Waals surface area contributed by atoms with E-state index >= 15 is 0 Å². The second-order valence-electron chi connectivity index (χ2n) is 4.66. The van der Waals surface area contributed by atoms with Crippen LogP contribution < -0.4 is 0 Å². The van der Waals surface area contributed by atoms with Crippen molar-refractivity contribution >= 4 is 18.1 Å². The third-order valence-electron chi connectivity index (χ3n) is 3.44. The van der Waals surface area contributed by atoms with E-state index in [0.717, 1.165) is 24.0 Å². The molecular weight excluding hydrogens is 232 g/mol. The Bertz CT molecular complexity index is 481. The summed E-state index contributed by atoms with van der Waals surface area (Å²) < 4.78 is 0.747. The van der Waals surface area contributed by atoms with E-state index in [9.17, 15) is 4.79 Å². The van der Waals surface area contributed by atoms with E-state index in [1.54, 1.807) is 6.92 Å². The molecule has 0 aliphatic carbocycles. The number of hydrogen-bond donors (Lipinski definition) is 1. The molecule has 0 spiro atoms. The van der Waals surface area contributed by atoms with Crippen molar-refractivity contribution in [3.63, 3.8) is 0 Å². The smallest absolute Gasteiger partial charge is 0.219 e. The van der Waals surface area contributed by atoms with Gasteiger partial charge in [-0.3, -0.25) is 4.79 Å². The minimum Gasteiger partial charge on any atom is -0.353 e. The first-order valence-corrected chi connectivity index (χ1v) is 6.47. The Morgan fingerprint density at radius 3 is 2.94 bits per heavy atom. The highest BCUT2D eigenvalue weighted by atomic mass is 32.1. The van der Waals surface area contributed by atoms with Gasteiger partial charge in [0.05, 0.1) is 6.04 Å². The Hall–Kier alpha value is -1.16. The lowest BCUT2D eigenvalue weighted by atomic mass is 9.93. The molecule has 2 rings (SSSR count). The Balaban J connectivity index is 2.36. The van der Waals surface area contributed by atoms with E-state index in [1.807, 2.05) is 17.2 Å². The van der Waals surface area contributed by atoms with E-state index in [1.165, 1.54) is 17.5 Å². The average Bonchev–Trinajstić information content (AvgIpc) is 2.29. The molecule has 1 saturated heterocycles. The van der Waals surface area contributed by atoms with Crippen LogP contribution >= 0.6 is 12.2 Å². The number of aromatic amines is 1. The molecule has 1 aromatic heterocycles. The van der Waals surface area contributed by atoms with Crippen molar-refractivity contribution < 1.29 is 4.79 Å². The molecule has 4 heteroatoms. The maximum atomic E-state index is 11.7. The Kier molecular flexibility index (Phi) is 3.62. The van der Waals surface area contributed by atoms with Gasteiger partial charge in [0.1, 0.15) is 4.64 Å². The Morgan fingerprint density at radius 1 is 1.53 bits per heavy atom. The first kappa shape index (κ1) is 12.3. The molecule has 1 aliphatic heterocycles. The summed E-state index contributed by atoms with van der Waals surface area (Å²) in [6.07, 6.45) is 5.30. The number of amides is 1. The highest BCUT2D eigenvalue weighted by Gasteiger charge is 2.26. The highest BCUT2D eigenvalue weighted by molar-refractivity contribution is 7.71. The van der Waals surface area contributed by atoms with Crippen molar-refractivity contribution in [2.45, 2.75) is 39.2 Å². The molecule has 1 amide bonds. The predicted molar refractivity (Wildman–Crippen MR) is 70.3 cm³/mol. The SMILES string of the molecule is CC(=O)N1CCCCC1c1c[nH]c(=S)cc1C. The number of pyridine rings is 1. The van der Waals surface area contributed by atoms with Crippen LogP contribution in [0.2, 0.25) is 0 Å². The van der Waals surface area contributed by atoms with Crippen molar-refractivity contribution in [3.8, 4) is 0 Å². The van der Waals surface area contributed by atoms with Crippen molar-refractivity contribution in [3.05, 3.63) is 28.0 Å². The quantitative estimate of drug-likeness (QED) is 0.777. The van der Waals surface area contributed by atoms with Crippen molar-refractivity contribution in [2.75, 3.05) is 6.54 Å². The van der Waals surface area contributed by atoms with Crippen LogP contribution in [0.25, 0.3) is 0 Å². The van der Waals surface area contributed by atoms with E-state index in [-0.39, 0.29) is 11.9 Å². The predicted octanol–water partition coefficient (Wildman–Crippen LogP) is 3.13.